The van der Waals surface area contributed by atoms with Crippen molar-refractivity contribution in [1.82, 2.24) is 4.98 Å². The van der Waals surface area contributed by atoms with Crippen LogP contribution in [-0.2, 0) is 5.54 Å². The van der Waals surface area contributed by atoms with Gasteiger partial charge in [-0.15, -0.1) is 0 Å². The summed E-state index contributed by atoms with van der Waals surface area (Å²) in [5, 5.41) is 3.44. The molecule has 0 unspecified atom stereocenters. The lowest BCUT2D eigenvalue weighted by atomic mass is 9.76. The number of rotatable bonds is 3. The van der Waals surface area contributed by atoms with Crippen molar-refractivity contribution in [3.8, 4) is 0 Å². The maximum absolute atomic E-state index is 13.0. The van der Waals surface area contributed by atoms with Crippen LogP contribution in [0.25, 0.3) is 0 Å². The third kappa shape index (κ3) is 3.08. The number of aromatic nitrogens is 1. The molecule has 0 atom stereocenters. The zero-order valence-corrected chi connectivity index (χ0v) is 17.5. The number of nitrogens with one attached hydrogen (secondary N) is 2. The molecular formula is C27H23N3O. The van der Waals surface area contributed by atoms with Crippen LogP contribution in [0.15, 0.2) is 101 Å². The van der Waals surface area contributed by atoms with E-state index in [1.807, 2.05) is 74.5 Å². The van der Waals surface area contributed by atoms with Crippen LogP contribution < -0.4 is 10.9 Å². The van der Waals surface area contributed by atoms with Crippen LogP contribution >= 0.6 is 0 Å². The summed E-state index contributed by atoms with van der Waals surface area (Å²) < 4.78 is 0. The fourth-order valence-corrected chi connectivity index (χ4v) is 4.52. The average Bonchev–Trinajstić information content (AvgIpc) is 2.79. The van der Waals surface area contributed by atoms with E-state index in [4.69, 9.17) is 4.99 Å². The molecule has 1 aliphatic rings. The van der Waals surface area contributed by atoms with Crippen LogP contribution in [-0.4, -0.2) is 10.8 Å². The number of anilines is 1. The van der Waals surface area contributed by atoms with E-state index in [9.17, 15) is 4.79 Å². The van der Waals surface area contributed by atoms with E-state index < -0.39 is 5.54 Å². The molecule has 0 spiro atoms. The molecular weight excluding hydrogens is 382 g/mol. The fraction of sp³-hybridized carbons (Fsp3) is 0.111. The number of fused-ring (bicyclic) bond motifs is 1. The van der Waals surface area contributed by atoms with Gasteiger partial charge in [-0.25, -0.2) is 4.99 Å². The number of pyridine rings is 1. The van der Waals surface area contributed by atoms with Crippen LogP contribution in [0.4, 0.5) is 5.69 Å². The van der Waals surface area contributed by atoms with Gasteiger partial charge in [0.2, 0.25) is 0 Å². The van der Waals surface area contributed by atoms with Crippen LogP contribution in [0, 0.1) is 13.8 Å². The number of H-pyrrole nitrogens is 1. The van der Waals surface area contributed by atoms with Crippen molar-refractivity contribution in [2.24, 2.45) is 4.99 Å². The van der Waals surface area contributed by atoms with Gasteiger partial charge in [-0.05, 0) is 42.7 Å². The van der Waals surface area contributed by atoms with Gasteiger partial charge in [-0.1, -0.05) is 78.9 Å². The number of hydrogen-bond acceptors (Lipinski definition) is 3. The molecule has 0 aliphatic carbocycles. The SMILES string of the molecule is Cc1cc(C)c(C2=NC(c3ccccc3)(c3ccccc3)c3ccccc3N2)c(=O)[nH]1. The summed E-state index contributed by atoms with van der Waals surface area (Å²) in [6, 6.07) is 30.7. The van der Waals surface area contributed by atoms with Gasteiger partial charge in [0.05, 0.1) is 5.56 Å². The molecule has 2 heterocycles. The molecule has 0 fully saturated rings. The Labute approximate surface area is 181 Å². The minimum absolute atomic E-state index is 0.141. The average molecular weight is 406 g/mol. The summed E-state index contributed by atoms with van der Waals surface area (Å²) in [7, 11) is 0. The van der Waals surface area contributed by atoms with Crippen molar-refractivity contribution in [3.05, 3.63) is 135 Å². The zero-order chi connectivity index (χ0) is 21.4. The van der Waals surface area contributed by atoms with Crippen molar-refractivity contribution < 1.29 is 0 Å². The highest BCUT2D eigenvalue weighted by Crippen LogP contribution is 2.46. The predicted molar refractivity (Wildman–Crippen MR) is 126 cm³/mol. The molecule has 4 nitrogen and oxygen atoms in total. The first-order valence-electron chi connectivity index (χ1n) is 10.4. The highest BCUT2D eigenvalue weighted by atomic mass is 16.1. The molecule has 2 N–H and O–H groups in total. The largest absolute Gasteiger partial charge is 0.339 e. The Morgan fingerprint density at radius 3 is 1.97 bits per heavy atom. The summed E-state index contributed by atoms with van der Waals surface area (Å²) in [6.07, 6.45) is 0. The fourth-order valence-electron chi connectivity index (χ4n) is 4.52. The van der Waals surface area contributed by atoms with Crippen molar-refractivity contribution in [3.63, 3.8) is 0 Å². The minimum atomic E-state index is -0.774. The van der Waals surface area contributed by atoms with Crippen molar-refractivity contribution in [2.45, 2.75) is 19.4 Å². The number of para-hydroxylation sites is 1. The monoisotopic (exact) mass is 405 g/mol. The van der Waals surface area contributed by atoms with Crippen molar-refractivity contribution >= 4 is 11.5 Å². The topological polar surface area (TPSA) is 57.2 Å². The summed E-state index contributed by atoms with van der Waals surface area (Å²) in [6.45, 7) is 3.84. The highest BCUT2D eigenvalue weighted by Gasteiger charge is 2.41. The number of amidine groups is 1. The van der Waals surface area contributed by atoms with E-state index in [1.165, 1.54) is 0 Å². The maximum Gasteiger partial charge on any atom is 0.259 e. The maximum atomic E-state index is 13.0. The summed E-state index contributed by atoms with van der Waals surface area (Å²) in [4.78, 5) is 21.2. The molecule has 4 heteroatoms. The molecule has 31 heavy (non-hydrogen) atoms. The molecule has 1 aromatic heterocycles. The van der Waals surface area contributed by atoms with Gasteiger partial charge < -0.3 is 10.3 Å². The van der Waals surface area contributed by atoms with E-state index in [0.29, 0.717) is 11.4 Å². The van der Waals surface area contributed by atoms with Crippen LogP contribution in [0.3, 0.4) is 0 Å². The number of hydrogen-bond donors (Lipinski definition) is 2. The minimum Gasteiger partial charge on any atom is -0.339 e. The Morgan fingerprint density at radius 1 is 0.774 bits per heavy atom. The van der Waals surface area contributed by atoms with E-state index in [1.54, 1.807) is 0 Å². The molecule has 5 rings (SSSR count). The van der Waals surface area contributed by atoms with Gasteiger partial charge >= 0.3 is 0 Å². The van der Waals surface area contributed by atoms with Crippen LogP contribution in [0.2, 0.25) is 0 Å². The van der Waals surface area contributed by atoms with Crippen LogP contribution in [0.1, 0.15) is 33.5 Å². The lowest BCUT2D eigenvalue weighted by Crippen LogP contribution is -2.38. The summed E-state index contributed by atoms with van der Waals surface area (Å²) in [5.74, 6) is 0.574. The molecule has 1 aliphatic heterocycles. The molecule has 3 aromatic carbocycles. The number of aromatic amines is 1. The summed E-state index contributed by atoms with van der Waals surface area (Å²) >= 11 is 0. The van der Waals surface area contributed by atoms with Gasteiger partial charge in [-0.3, -0.25) is 4.79 Å². The number of aliphatic imine (C=N–C) groups is 1. The Hall–Kier alpha value is -3.92. The smallest absolute Gasteiger partial charge is 0.259 e. The lowest BCUT2D eigenvalue weighted by Gasteiger charge is -2.38. The van der Waals surface area contributed by atoms with E-state index >= 15 is 0 Å². The first-order valence-corrected chi connectivity index (χ1v) is 10.4. The molecule has 152 valence electrons. The second-order valence-electron chi connectivity index (χ2n) is 7.91. The lowest BCUT2D eigenvalue weighted by molar-refractivity contribution is 0.652. The first-order chi connectivity index (χ1) is 15.1. The second-order valence-corrected chi connectivity index (χ2v) is 7.91. The summed E-state index contributed by atoms with van der Waals surface area (Å²) in [5.41, 5.74) is 5.47. The van der Waals surface area contributed by atoms with Gasteiger partial charge in [0.25, 0.3) is 5.56 Å². The first kappa shape index (κ1) is 19.1. The quantitative estimate of drug-likeness (QED) is 0.495. The van der Waals surface area contributed by atoms with Crippen LogP contribution in [0.5, 0.6) is 0 Å². The van der Waals surface area contributed by atoms with E-state index in [0.717, 1.165) is 33.6 Å². The van der Waals surface area contributed by atoms with E-state index in [-0.39, 0.29) is 5.56 Å². The molecule has 0 radical (unpaired) electrons. The Morgan fingerprint density at radius 2 is 1.35 bits per heavy atom. The molecule has 0 bridgehead atoms. The van der Waals surface area contributed by atoms with Crippen molar-refractivity contribution in [2.75, 3.05) is 5.32 Å². The number of aryl methyl sites for hydroxylation is 2. The number of benzene rings is 3. The number of nitrogens with zero attached hydrogens (tertiary/aromatic N) is 1. The Bertz CT molecular complexity index is 1300. The molecule has 4 aromatic rings. The van der Waals surface area contributed by atoms with Gasteiger partial charge in [0.15, 0.2) is 0 Å². The van der Waals surface area contributed by atoms with Gasteiger partial charge in [-0.2, -0.15) is 0 Å². The highest BCUT2D eigenvalue weighted by molar-refractivity contribution is 6.11. The van der Waals surface area contributed by atoms with Gasteiger partial charge in [0, 0.05) is 16.9 Å². The normalized spacial score (nSPS) is 14.3. The molecule has 0 amide bonds. The predicted octanol–water partition coefficient (Wildman–Crippen LogP) is 5.16. The van der Waals surface area contributed by atoms with Crippen molar-refractivity contribution in [1.29, 1.82) is 0 Å². The Balaban J connectivity index is 1.89. The standard InChI is InChI=1S/C27H23N3O/c1-18-17-19(2)28-26(31)24(18)25-29-23-16-10-9-15-22(23)27(30-25,20-11-5-3-6-12-20)21-13-7-4-8-14-21/h3-17H,1-2H3,(H,28,31)(H,29,30). The second kappa shape index (κ2) is 7.40. The van der Waals surface area contributed by atoms with E-state index in [2.05, 4.69) is 40.6 Å². The molecule has 0 saturated carbocycles. The zero-order valence-electron chi connectivity index (χ0n) is 17.5. The third-order valence-electron chi connectivity index (χ3n) is 5.83. The molecule has 0 saturated heterocycles. The third-order valence-corrected chi connectivity index (χ3v) is 5.83. The van der Waals surface area contributed by atoms with Gasteiger partial charge in [0.1, 0.15) is 11.4 Å². The Kier molecular flexibility index (Phi) is 4.55.